The molecule has 3 rings (SSSR count). The monoisotopic (exact) mass is 326 g/mol. The Labute approximate surface area is 138 Å². The highest BCUT2D eigenvalue weighted by Crippen LogP contribution is 2.32. The Morgan fingerprint density at radius 1 is 1.17 bits per heavy atom. The van der Waals surface area contributed by atoms with E-state index >= 15 is 0 Å². The third-order valence-electron chi connectivity index (χ3n) is 4.32. The Morgan fingerprint density at radius 2 is 1.83 bits per heavy atom. The van der Waals surface area contributed by atoms with Crippen molar-refractivity contribution >= 4 is 23.2 Å². The summed E-state index contributed by atoms with van der Waals surface area (Å²) in [6.07, 6.45) is 1.28. The van der Waals surface area contributed by atoms with Gasteiger partial charge in [0, 0.05) is 24.3 Å². The minimum atomic E-state index is -0.827. The number of nitrogens with zero attached hydrogens (tertiary/aromatic N) is 2. The fraction of sp³-hybridized carbons (Fsp3) is 0.389. The molecule has 6 nitrogen and oxygen atoms in total. The highest BCUT2D eigenvalue weighted by molar-refractivity contribution is 6.55. The van der Waals surface area contributed by atoms with Crippen molar-refractivity contribution in [3.8, 4) is 0 Å². The van der Waals surface area contributed by atoms with Gasteiger partial charge in [0.05, 0.1) is 5.92 Å². The standard InChI is InChI=1S/C18H18N2O4/c1-8(2)7-20-12(22)6-10(4)14-16(20)18(24)15-13(17(14)23)9(3)5-11(21)19-15/h5-6,8,13H,7H2,1-4H3. The van der Waals surface area contributed by atoms with Gasteiger partial charge in [-0.1, -0.05) is 19.4 Å². The number of Topliss-reactive ketones (excluding diaryl/α,β-unsaturated/α-hetero) is 2. The number of pyridine rings is 1. The third-order valence-corrected chi connectivity index (χ3v) is 4.32. The van der Waals surface area contributed by atoms with E-state index in [4.69, 9.17) is 0 Å². The topological polar surface area (TPSA) is 85.6 Å². The second kappa shape index (κ2) is 5.47. The van der Waals surface area contributed by atoms with Crippen molar-refractivity contribution in [3.05, 3.63) is 44.9 Å². The van der Waals surface area contributed by atoms with Crippen LogP contribution in [0.5, 0.6) is 0 Å². The lowest BCUT2D eigenvalue weighted by Crippen LogP contribution is -2.44. The number of carbonyl (C=O) groups excluding carboxylic acids is 3. The van der Waals surface area contributed by atoms with Crippen LogP contribution < -0.4 is 5.56 Å². The van der Waals surface area contributed by atoms with Crippen molar-refractivity contribution in [2.24, 2.45) is 16.8 Å². The first-order chi connectivity index (χ1) is 11.2. The van der Waals surface area contributed by atoms with Crippen molar-refractivity contribution in [1.29, 1.82) is 0 Å². The van der Waals surface area contributed by atoms with Crippen molar-refractivity contribution in [2.45, 2.75) is 34.2 Å². The number of allylic oxidation sites excluding steroid dienone is 1. The number of hydrogen-bond acceptors (Lipinski definition) is 4. The molecule has 1 aliphatic carbocycles. The Balaban J connectivity index is 2.34. The summed E-state index contributed by atoms with van der Waals surface area (Å²) in [7, 11) is 0. The molecule has 2 aliphatic rings. The Hall–Kier alpha value is -2.63. The first-order valence-corrected chi connectivity index (χ1v) is 7.86. The highest BCUT2D eigenvalue weighted by Gasteiger charge is 2.44. The van der Waals surface area contributed by atoms with E-state index < -0.39 is 17.6 Å². The van der Waals surface area contributed by atoms with E-state index in [2.05, 4.69) is 4.99 Å². The third kappa shape index (κ3) is 2.29. The lowest BCUT2D eigenvalue weighted by atomic mass is 9.76. The minimum absolute atomic E-state index is 0.0659. The van der Waals surface area contributed by atoms with Gasteiger partial charge in [-0.3, -0.25) is 19.2 Å². The molecule has 124 valence electrons. The zero-order chi connectivity index (χ0) is 17.8. The highest BCUT2D eigenvalue weighted by atomic mass is 16.2. The van der Waals surface area contributed by atoms with E-state index in [-0.39, 0.29) is 34.2 Å². The second-order valence-corrected chi connectivity index (χ2v) is 6.74. The number of aliphatic imine (C=N–C) groups is 1. The number of hydrogen-bond donors (Lipinski definition) is 0. The number of aromatic nitrogens is 1. The number of dihydropyridines is 1. The van der Waals surface area contributed by atoms with Crippen molar-refractivity contribution in [2.75, 3.05) is 0 Å². The van der Waals surface area contributed by atoms with E-state index in [1.807, 2.05) is 13.8 Å². The van der Waals surface area contributed by atoms with Crippen LogP contribution in [0.4, 0.5) is 0 Å². The second-order valence-electron chi connectivity index (χ2n) is 6.74. The maximum absolute atomic E-state index is 13.0. The Bertz CT molecular complexity index is 916. The molecule has 0 saturated heterocycles. The average molecular weight is 326 g/mol. The van der Waals surface area contributed by atoms with Crippen LogP contribution in [0.25, 0.3) is 0 Å². The van der Waals surface area contributed by atoms with Gasteiger partial charge >= 0.3 is 0 Å². The largest absolute Gasteiger partial charge is 0.304 e. The summed E-state index contributed by atoms with van der Waals surface area (Å²) < 4.78 is 1.34. The van der Waals surface area contributed by atoms with Crippen LogP contribution in [0.2, 0.25) is 0 Å². The maximum atomic E-state index is 13.0. The molecule has 1 aliphatic heterocycles. The smallest absolute Gasteiger partial charge is 0.270 e. The molecule has 2 heterocycles. The first-order valence-electron chi connectivity index (χ1n) is 7.86. The molecule has 24 heavy (non-hydrogen) atoms. The zero-order valence-electron chi connectivity index (χ0n) is 14.0. The fourth-order valence-corrected chi connectivity index (χ4v) is 3.35. The molecular weight excluding hydrogens is 308 g/mol. The normalized spacial score (nSPS) is 19.9. The van der Waals surface area contributed by atoms with Crippen LogP contribution in [0.15, 0.2) is 27.5 Å². The molecule has 0 bridgehead atoms. The van der Waals surface area contributed by atoms with Gasteiger partial charge in [-0.25, -0.2) is 4.99 Å². The predicted molar refractivity (Wildman–Crippen MR) is 88.6 cm³/mol. The summed E-state index contributed by atoms with van der Waals surface area (Å²) >= 11 is 0. The molecule has 0 spiro atoms. The quantitative estimate of drug-likeness (QED) is 0.828. The Kier molecular flexibility index (Phi) is 3.70. The van der Waals surface area contributed by atoms with Gasteiger partial charge in [0.25, 0.3) is 11.5 Å². The molecule has 0 N–H and O–H groups in total. The summed E-state index contributed by atoms with van der Waals surface area (Å²) in [6.45, 7) is 7.46. The number of ketones is 2. The first kappa shape index (κ1) is 16.2. The molecule has 1 aromatic rings. The van der Waals surface area contributed by atoms with Crippen LogP contribution in [0.3, 0.4) is 0 Å². The van der Waals surface area contributed by atoms with E-state index in [9.17, 15) is 19.2 Å². The number of rotatable bonds is 2. The van der Waals surface area contributed by atoms with Crippen LogP contribution in [0.1, 0.15) is 47.2 Å². The van der Waals surface area contributed by atoms with Gasteiger partial charge in [0.15, 0.2) is 5.78 Å². The lowest BCUT2D eigenvalue weighted by Gasteiger charge is -2.29. The molecule has 0 fully saturated rings. The molecule has 0 radical (unpaired) electrons. The van der Waals surface area contributed by atoms with E-state index in [0.29, 0.717) is 17.7 Å². The SMILES string of the molecule is CC1=CC(=O)N=C2C(=O)c3c(c(C)cc(=O)n3CC(C)C)C(=O)C12. The lowest BCUT2D eigenvalue weighted by molar-refractivity contribution is -0.113. The number of fused-ring (bicyclic) bond motifs is 2. The molecule has 0 aromatic carbocycles. The van der Waals surface area contributed by atoms with Gasteiger partial charge in [-0.15, -0.1) is 0 Å². The van der Waals surface area contributed by atoms with Gasteiger partial charge < -0.3 is 4.57 Å². The molecule has 0 saturated carbocycles. The summed E-state index contributed by atoms with van der Waals surface area (Å²) in [5.74, 6) is -2.04. The van der Waals surface area contributed by atoms with Crippen molar-refractivity contribution in [3.63, 3.8) is 0 Å². The van der Waals surface area contributed by atoms with Crippen LogP contribution >= 0.6 is 0 Å². The number of carbonyl (C=O) groups is 3. The number of amides is 1. The maximum Gasteiger partial charge on any atom is 0.270 e. The summed E-state index contributed by atoms with van der Waals surface area (Å²) in [4.78, 5) is 53.8. The Morgan fingerprint density at radius 3 is 2.46 bits per heavy atom. The van der Waals surface area contributed by atoms with Crippen LogP contribution in [-0.4, -0.2) is 27.8 Å². The fourth-order valence-electron chi connectivity index (χ4n) is 3.35. The van der Waals surface area contributed by atoms with E-state index in [0.717, 1.165) is 0 Å². The van der Waals surface area contributed by atoms with E-state index in [1.54, 1.807) is 13.8 Å². The summed E-state index contributed by atoms with van der Waals surface area (Å²) in [5, 5.41) is 0. The zero-order valence-corrected chi connectivity index (χ0v) is 14.0. The van der Waals surface area contributed by atoms with E-state index in [1.165, 1.54) is 16.7 Å². The summed E-state index contributed by atoms with van der Waals surface area (Å²) in [6, 6.07) is 1.39. The van der Waals surface area contributed by atoms with Gasteiger partial charge in [0.1, 0.15) is 11.4 Å². The molecule has 1 atom stereocenters. The van der Waals surface area contributed by atoms with Gasteiger partial charge in [0.2, 0.25) is 5.78 Å². The molecule has 1 unspecified atom stereocenters. The van der Waals surface area contributed by atoms with Gasteiger partial charge in [-0.05, 0) is 25.3 Å². The van der Waals surface area contributed by atoms with Crippen LogP contribution in [0, 0.1) is 18.8 Å². The molecule has 1 amide bonds. The van der Waals surface area contributed by atoms with Crippen molar-refractivity contribution < 1.29 is 14.4 Å². The molecular formula is C18H18N2O4. The number of aryl methyl sites for hydroxylation is 1. The van der Waals surface area contributed by atoms with Crippen molar-refractivity contribution in [1.82, 2.24) is 4.57 Å². The molecule has 6 heteroatoms. The minimum Gasteiger partial charge on any atom is -0.304 e. The van der Waals surface area contributed by atoms with Gasteiger partial charge in [-0.2, -0.15) is 0 Å². The summed E-state index contributed by atoms with van der Waals surface area (Å²) in [5.41, 5.74) is 0.934. The van der Waals surface area contributed by atoms with Crippen LogP contribution in [-0.2, 0) is 11.3 Å². The molecule has 1 aromatic heterocycles. The predicted octanol–water partition coefficient (Wildman–Crippen LogP) is 1.74. The average Bonchev–Trinajstić information content (AvgIpc) is 2.46.